The highest BCUT2D eigenvalue weighted by atomic mass is 16.4. The number of piperidine rings is 1. The monoisotopic (exact) mass is 467 g/mol. The summed E-state index contributed by atoms with van der Waals surface area (Å²) >= 11 is 0. The van der Waals surface area contributed by atoms with Crippen molar-refractivity contribution in [2.24, 2.45) is 0 Å². The van der Waals surface area contributed by atoms with E-state index in [0.717, 1.165) is 54.0 Å². The second-order valence-electron chi connectivity index (χ2n) is 9.65. The van der Waals surface area contributed by atoms with Crippen LogP contribution < -0.4 is 10.8 Å². The van der Waals surface area contributed by atoms with Crippen LogP contribution in [-0.2, 0) is 13.0 Å². The van der Waals surface area contributed by atoms with Crippen molar-refractivity contribution in [3.8, 4) is 5.95 Å². The van der Waals surface area contributed by atoms with Gasteiger partial charge in [-0.05, 0) is 55.9 Å². The van der Waals surface area contributed by atoms with Gasteiger partial charge in [-0.25, -0.2) is 4.98 Å². The lowest BCUT2D eigenvalue weighted by molar-refractivity contribution is 0.134. The summed E-state index contributed by atoms with van der Waals surface area (Å²) in [5, 5.41) is 24.2. The molecular formula is C27H30BN5O2. The van der Waals surface area contributed by atoms with Gasteiger partial charge in [-0.15, -0.1) is 0 Å². The van der Waals surface area contributed by atoms with Gasteiger partial charge >= 0.3 is 7.12 Å². The zero-order valence-electron chi connectivity index (χ0n) is 20.0. The molecule has 0 amide bonds. The average Bonchev–Trinajstić information content (AvgIpc) is 3.23. The molecule has 3 N–H and O–H groups in total. The summed E-state index contributed by atoms with van der Waals surface area (Å²) < 4.78 is 2.04. The van der Waals surface area contributed by atoms with Gasteiger partial charge in [-0.1, -0.05) is 48.9 Å². The summed E-state index contributed by atoms with van der Waals surface area (Å²) in [4.78, 5) is 12.8. The van der Waals surface area contributed by atoms with Crippen molar-refractivity contribution in [2.75, 3.05) is 18.4 Å². The van der Waals surface area contributed by atoms with Crippen molar-refractivity contribution in [1.82, 2.24) is 19.4 Å². The zero-order valence-corrected chi connectivity index (χ0v) is 20.0. The van der Waals surface area contributed by atoms with Crippen LogP contribution in [-0.4, -0.2) is 49.7 Å². The minimum atomic E-state index is -1.53. The minimum absolute atomic E-state index is 0.323. The van der Waals surface area contributed by atoms with E-state index in [9.17, 15) is 10.0 Å². The summed E-state index contributed by atoms with van der Waals surface area (Å²) in [5.41, 5.74) is 5.89. The molecule has 1 unspecified atom stereocenters. The van der Waals surface area contributed by atoms with E-state index >= 15 is 0 Å². The summed E-state index contributed by atoms with van der Waals surface area (Å²) in [6, 6.07) is 18.3. The lowest BCUT2D eigenvalue weighted by Gasteiger charge is -2.40. The highest BCUT2D eigenvalue weighted by Gasteiger charge is 2.33. The molecule has 1 atom stereocenters. The van der Waals surface area contributed by atoms with E-state index in [-0.39, 0.29) is 0 Å². The fourth-order valence-corrected chi connectivity index (χ4v) is 5.74. The second-order valence-corrected chi connectivity index (χ2v) is 9.65. The van der Waals surface area contributed by atoms with Gasteiger partial charge in [0.15, 0.2) is 0 Å². The highest BCUT2D eigenvalue weighted by molar-refractivity contribution is 6.61. The fraction of sp³-hybridized carbons (Fsp3) is 0.333. The smallest absolute Gasteiger partial charge is 0.423 e. The molecule has 0 aliphatic carbocycles. The Balaban J connectivity index is 1.50. The second kappa shape index (κ2) is 9.11. The molecule has 0 saturated carbocycles. The molecule has 1 saturated heterocycles. The van der Waals surface area contributed by atoms with E-state index in [0.29, 0.717) is 24.0 Å². The topological polar surface area (TPSA) is 86.4 Å². The quantitative estimate of drug-likeness (QED) is 0.391. The number of hydrogen-bond acceptors (Lipinski definition) is 6. The molecule has 4 heterocycles. The van der Waals surface area contributed by atoms with Crippen LogP contribution in [0.25, 0.3) is 16.9 Å². The Hall–Kier alpha value is -3.20. The Bertz CT molecular complexity index is 1370. The molecule has 0 bridgehead atoms. The number of aromatic nitrogens is 3. The molecule has 4 aromatic rings. The van der Waals surface area contributed by atoms with Crippen LogP contribution in [0.5, 0.6) is 0 Å². The van der Waals surface area contributed by atoms with Gasteiger partial charge < -0.3 is 15.4 Å². The van der Waals surface area contributed by atoms with E-state index in [2.05, 4.69) is 34.5 Å². The lowest BCUT2D eigenvalue weighted by atomic mass is 9.78. The Kier molecular flexibility index (Phi) is 5.80. The molecular weight excluding hydrogens is 437 g/mol. The third-order valence-corrected chi connectivity index (χ3v) is 7.45. The number of nitrogens with zero attached hydrogens (tertiary/aromatic N) is 4. The number of hydrogen-bond donors (Lipinski definition) is 3. The van der Waals surface area contributed by atoms with Crippen molar-refractivity contribution in [2.45, 2.75) is 45.2 Å². The number of benzene rings is 2. The van der Waals surface area contributed by atoms with Gasteiger partial charge in [0.2, 0.25) is 5.95 Å². The summed E-state index contributed by atoms with van der Waals surface area (Å²) in [6.07, 6.45) is 4.52. The van der Waals surface area contributed by atoms with Gasteiger partial charge in [0, 0.05) is 29.7 Å². The molecule has 1 fully saturated rings. The predicted octanol–water partition coefficient (Wildman–Crippen LogP) is 3.10. The Labute approximate surface area is 205 Å². The molecule has 2 aliphatic heterocycles. The Morgan fingerprint density at radius 1 is 1.03 bits per heavy atom. The molecule has 2 aromatic carbocycles. The van der Waals surface area contributed by atoms with Crippen molar-refractivity contribution in [1.29, 1.82) is 0 Å². The van der Waals surface area contributed by atoms with E-state index < -0.39 is 7.12 Å². The van der Waals surface area contributed by atoms with E-state index in [1.165, 1.54) is 24.0 Å². The van der Waals surface area contributed by atoms with Crippen LogP contribution >= 0.6 is 0 Å². The van der Waals surface area contributed by atoms with E-state index in [4.69, 9.17) is 9.97 Å². The summed E-state index contributed by atoms with van der Waals surface area (Å²) in [6.45, 7) is 4.88. The Morgan fingerprint density at radius 3 is 2.71 bits per heavy atom. The first kappa shape index (κ1) is 22.3. The van der Waals surface area contributed by atoms with Crippen LogP contribution in [0, 0.1) is 6.92 Å². The van der Waals surface area contributed by atoms with Gasteiger partial charge in [-0.2, -0.15) is 4.98 Å². The van der Waals surface area contributed by atoms with Crippen LogP contribution in [0.4, 0.5) is 5.82 Å². The first-order chi connectivity index (χ1) is 17.1. The first-order valence-electron chi connectivity index (χ1n) is 12.5. The normalized spacial score (nSPS) is 17.7. The van der Waals surface area contributed by atoms with Crippen LogP contribution in [0.1, 0.15) is 47.8 Å². The predicted molar refractivity (Wildman–Crippen MR) is 139 cm³/mol. The maximum absolute atomic E-state index is 9.90. The van der Waals surface area contributed by atoms with Crippen molar-refractivity contribution < 1.29 is 10.0 Å². The van der Waals surface area contributed by atoms with Crippen molar-refractivity contribution in [3.63, 3.8) is 0 Å². The minimum Gasteiger partial charge on any atom is -0.423 e. The van der Waals surface area contributed by atoms with E-state index in [1.54, 1.807) is 6.07 Å². The highest BCUT2D eigenvalue weighted by Crippen LogP contribution is 2.38. The number of aryl methyl sites for hydroxylation is 1. The summed E-state index contributed by atoms with van der Waals surface area (Å²) in [7, 11) is -1.53. The zero-order chi connectivity index (χ0) is 23.9. The third kappa shape index (κ3) is 4.01. The first-order valence-corrected chi connectivity index (χ1v) is 12.5. The molecule has 0 radical (unpaired) electrons. The van der Waals surface area contributed by atoms with E-state index in [1.807, 2.05) is 35.8 Å². The largest absolute Gasteiger partial charge is 0.489 e. The molecule has 2 aliphatic rings. The van der Waals surface area contributed by atoms with Gasteiger partial charge in [-0.3, -0.25) is 9.47 Å². The molecule has 0 spiro atoms. The standard InChI is InChI=1S/C27H30BN5O2/c1-18-16-21-22(28(34)35)10-7-12-23(21)33(18)27-30-25-20(13-15-32-14-6-5-11-24(25)32)26(31-27)29-17-19-8-3-2-4-9-19/h2-4,7-10,12,16,24,34-35H,5-6,11,13-15,17H2,1H3,(H,29,30,31). The molecule has 6 rings (SSSR count). The number of anilines is 1. The SMILES string of the molecule is Cc1cc2c(B(O)O)cccc2n1-c1nc(NCc2ccccc2)c2c(n1)C1CCCCN1CC2. The lowest BCUT2D eigenvalue weighted by Crippen LogP contribution is -2.40. The van der Waals surface area contributed by atoms with Gasteiger partial charge in [0.1, 0.15) is 5.82 Å². The molecule has 8 heteroatoms. The fourth-order valence-electron chi connectivity index (χ4n) is 5.74. The van der Waals surface area contributed by atoms with Crippen molar-refractivity contribution in [3.05, 3.63) is 77.1 Å². The van der Waals surface area contributed by atoms with Crippen LogP contribution in [0.15, 0.2) is 54.6 Å². The molecule has 35 heavy (non-hydrogen) atoms. The van der Waals surface area contributed by atoms with Crippen LogP contribution in [0.2, 0.25) is 0 Å². The Morgan fingerprint density at radius 2 is 1.89 bits per heavy atom. The van der Waals surface area contributed by atoms with Gasteiger partial charge in [0.05, 0.1) is 17.3 Å². The average molecular weight is 467 g/mol. The summed E-state index contributed by atoms with van der Waals surface area (Å²) in [5.74, 6) is 1.53. The third-order valence-electron chi connectivity index (χ3n) is 7.45. The maximum Gasteiger partial charge on any atom is 0.489 e. The molecule has 7 nitrogen and oxygen atoms in total. The molecule has 178 valence electrons. The van der Waals surface area contributed by atoms with Crippen LogP contribution in [0.3, 0.4) is 0 Å². The number of fused-ring (bicyclic) bond motifs is 4. The maximum atomic E-state index is 9.90. The number of rotatable bonds is 5. The number of nitrogens with one attached hydrogen (secondary N) is 1. The van der Waals surface area contributed by atoms with Crippen molar-refractivity contribution >= 4 is 29.3 Å². The van der Waals surface area contributed by atoms with Gasteiger partial charge in [0.25, 0.3) is 0 Å². The molecule has 2 aromatic heterocycles.